The third-order valence-corrected chi connectivity index (χ3v) is 3.70. The van der Waals surface area contributed by atoms with Crippen LogP contribution in [0.5, 0.6) is 0 Å². The first-order chi connectivity index (χ1) is 9.66. The van der Waals surface area contributed by atoms with Gasteiger partial charge in [0, 0.05) is 10.5 Å². The van der Waals surface area contributed by atoms with E-state index in [9.17, 15) is 4.79 Å². The fourth-order valence-corrected chi connectivity index (χ4v) is 2.28. The van der Waals surface area contributed by atoms with Crippen LogP contribution in [0.1, 0.15) is 24.1 Å². The first-order valence-corrected chi connectivity index (χ1v) is 7.24. The molecule has 0 aromatic heterocycles. The average Bonchev–Trinajstić information content (AvgIpc) is 2.47. The minimum atomic E-state index is -0.0999. The lowest BCUT2D eigenvalue weighted by Gasteiger charge is -2.12. The predicted molar refractivity (Wildman–Crippen MR) is 86.2 cm³/mol. The molecule has 0 heterocycles. The Kier molecular flexibility index (Phi) is 5.13. The van der Waals surface area contributed by atoms with Gasteiger partial charge in [0.15, 0.2) is 0 Å². The zero-order valence-electron chi connectivity index (χ0n) is 11.2. The average molecular weight is 330 g/mol. The van der Waals surface area contributed by atoms with E-state index in [1.807, 2.05) is 61.5 Å². The molecule has 0 saturated heterocycles. The van der Waals surface area contributed by atoms with Gasteiger partial charge in [-0.25, -0.2) is 0 Å². The standard InChI is InChI=1S/C17H16BrNO/c1-13(14-7-3-2-4-8-14)19-17(20)12-11-15-9-5-6-10-16(15)18/h2-13H,1H3,(H,19,20)/b12-11+/t13-/m1/s1. The van der Waals surface area contributed by atoms with E-state index in [-0.39, 0.29) is 11.9 Å². The van der Waals surface area contributed by atoms with E-state index in [2.05, 4.69) is 21.2 Å². The summed E-state index contributed by atoms with van der Waals surface area (Å²) in [6, 6.07) is 17.7. The molecule has 0 bridgehead atoms. The second kappa shape index (κ2) is 7.06. The van der Waals surface area contributed by atoms with E-state index >= 15 is 0 Å². The highest BCUT2D eigenvalue weighted by Crippen LogP contribution is 2.17. The number of carbonyl (C=O) groups is 1. The van der Waals surface area contributed by atoms with Crippen molar-refractivity contribution in [2.45, 2.75) is 13.0 Å². The van der Waals surface area contributed by atoms with E-state index in [1.165, 1.54) is 0 Å². The maximum absolute atomic E-state index is 11.9. The Balaban J connectivity index is 1.98. The molecule has 2 rings (SSSR count). The molecule has 0 aliphatic heterocycles. The van der Waals surface area contributed by atoms with Gasteiger partial charge in [-0.1, -0.05) is 64.5 Å². The molecule has 102 valence electrons. The Hall–Kier alpha value is -1.87. The Morgan fingerprint density at radius 2 is 1.75 bits per heavy atom. The third kappa shape index (κ3) is 4.07. The van der Waals surface area contributed by atoms with Crippen LogP contribution in [0.2, 0.25) is 0 Å². The number of amides is 1. The third-order valence-electron chi connectivity index (χ3n) is 2.98. The summed E-state index contributed by atoms with van der Waals surface area (Å²) in [6.45, 7) is 1.97. The topological polar surface area (TPSA) is 29.1 Å². The molecule has 1 N–H and O–H groups in total. The number of nitrogens with one attached hydrogen (secondary N) is 1. The van der Waals surface area contributed by atoms with Gasteiger partial charge >= 0.3 is 0 Å². The summed E-state index contributed by atoms with van der Waals surface area (Å²) in [5, 5.41) is 2.94. The highest BCUT2D eigenvalue weighted by atomic mass is 79.9. The predicted octanol–water partition coefficient (Wildman–Crippen LogP) is 4.34. The monoisotopic (exact) mass is 329 g/mol. The lowest BCUT2D eigenvalue weighted by atomic mass is 10.1. The van der Waals surface area contributed by atoms with Crippen LogP contribution < -0.4 is 5.32 Å². The van der Waals surface area contributed by atoms with Crippen molar-refractivity contribution in [3.63, 3.8) is 0 Å². The minimum Gasteiger partial charge on any atom is -0.346 e. The normalized spacial score (nSPS) is 12.3. The number of hydrogen-bond acceptors (Lipinski definition) is 1. The molecule has 0 unspecified atom stereocenters. The van der Waals surface area contributed by atoms with Crippen LogP contribution in [-0.4, -0.2) is 5.91 Å². The van der Waals surface area contributed by atoms with Crippen LogP contribution in [0.4, 0.5) is 0 Å². The molecule has 0 aliphatic rings. The van der Waals surface area contributed by atoms with Gasteiger partial charge < -0.3 is 5.32 Å². The fraction of sp³-hybridized carbons (Fsp3) is 0.118. The summed E-state index contributed by atoms with van der Waals surface area (Å²) in [5.41, 5.74) is 2.07. The maximum atomic E-state index is 11.9. The summed E-state index contributed by atoms with van der Waals surface area (Å²) in [5.74, 6) is -0.0999. The largest absolute Gasteiger partial charge is 0.346 e. The molecule has 1 atom stereocenters. The number of benzene rings is 2. The Morgan fingerprint density at radius 3 is 2.45 bits per heavy atom. The number of rotatable bonds is 4. The van der Waals surface area contributed by atoms with Crippen LogP contribution >= 0.6 is 15.9 Å². The molecule has 20 heavy (non-hydrogen) atoms. The van der Waals surface area contributed by atoms with Gasteiger partial charge in [-0.05, 0) is 30.2 Å². The highest BCUT2D eigenvalue weighted by molar-refractivity contribution is 9.10. The Morgan fingerprint density at radius 1 is 1.10 bits per heavy atom. The van der Waals surface area contributed by atoms with Gasteiger partial charge in [0.25, 0.3) is 0 Å². The number of hydrogen-bond donors (Lipinski definition) is 1. The Bertz CT molecular complexity index is 607. The molecule has 1 amide bonds. The molecule has 0 fully saturated rings. The van der Waals surface area contributed by atoms with Crippen LogP contribution in [0.3, 0.4) is 0 Å². The molecular formula is C17H16BrNO. The SMILES string of the molecule is C[C@@H](NC(=O)/C=C/c1ccccc1Br)c1ccccc1. The van der Waals surface area contributed by atoms with Crippen LogP contribution in [0, 0.1) is 0 Å². The molecule has 0 radical (unpaired) electrons. The van der Waals surface area contributed by atoms with Crippen molar-refractivity contribution in [2.24, 2.45) is 0 Å². The van der Waals surface area contributed by atoms with Gasteiger partial charge in [0.05, 0.1) is 6.04 Å². The van der Waals surface area contributed by atoms with Crippen LogP contribution in [0.25, 0.3) is 6.08 Å². The molecular weight excluding hydrogens is 314 g/mol. The lowest BCUT2D eigenvalue weighted by molar-refractivity contribution is -0.117. The van der Waals surface area contributed by atoms with E-state index in [0.29, 0.717) is 0 Å². The summed E-state index contributed by atoms with van der Waals surface area (Å²) in [4.78, 5) is 11.9. The van der Waals surface area contributed by atoms with E-state index in [0.717, 1.165) is 15.6 Å². The van der Waals surface area contributed by atoms with Crippen LogP contribution in [-0.2, 0) is 4.79 Å². The second-order valence-corrected chi connectivity index (χ2v) is 5.35. The van der Waals surface area contributed by atoms with Gasteiger partial charge in [-0.15, -0.1) is 0 Å². The minimum absolute atomic E-state index is 0.00689. The fourth-order valence-electron chi connectivity index (χ4n) is 1.86. The first-order valence-electron chi connectivity index (χ1n) is 6.45. The molecule has 2 aromatic carbocycles. The zero-order chi connectivity index (χ0) is 14.4. The van der Waals surface area contributed by atoms with Crippen molar-refractivity contribution in [1.82, 2.24) is 5.32 Å². The summed E-state index contributed by atoms with van der Waals surface area (Å²) >= 11 is 3.45. The van der Waals surface area contributed by atoms with Gasteiger partial charge in [-0.2, -0.15) is 0 Å². The van der Waals surface area contributed by atoms with Gasteiger partial charge in [0.1, 0.15) is 0 Å². The Labute approximate surface area is 127 Å². The van der Waals surface area contributed by atoms with E-state index < -0.39 is 0 Å². The van der Waals surface area contributed by atoms with Crippen molar-refractivity contribution in [2.75, 3.05) is 0 Å². The van der Waals surface area contributed by atoms with Crippen molar-refractivity contribution >= 4 is 27.9 Å². The van der Waals surface area contributed by atoms with E-state index in [4.69, 9.17) is 0 Å². The van der Waals surface area contributed by atoms with Crippen LogP contribution in [0.15, 0.2) is 65.1 Å². The highest BCUT2D eigenvalue weighted by Gasteiger charge is 2.06. The molecule has 0 spiro atoms. The molecule has 0 aliphatic carbocycles. The first kappa shape index (κ1) is 14.5. The molecule has 3 heteroatoms. The number of halogens is 1. The number of carbonyl (C=O) groups excluding carboxylic acids is 1. The maximum Gasteiger partial charge on any atom is 0.244 e. The van der Waals surface area contributed by atoms with Gasteiger partial charge in [0.2, 0.25) is 5.91 Å². The van der Waals surface area contributed by atoms with Crippen molar-refractivity contribution in [3.05, 3.63) is 76.3 Å². The van der Waals surface area contributed by atoms with Gasteiger partial charge in [-0.3, -0.25) is 4.79 Å². The molecule has 2 aromatic rings. The smallest absolute Gasteiger partial charge is 0.244 e. The lowest BCUT2D eigenvalue weighted by Crippen LogP contribution is -2.24. The van der Waals surface area contributed by atoms with E-state index in [1.54, 1.807) is 12.2 Å². The summed E-state index contributed by atoms with van der Waals surface area (Å²) in [7, 11) is 0. The molecule has 2 nitrogen and oxygen atoms in total. The zero-order valence-corrected chi connectivity index (χ0v) is 12.8. The summed E-state index contributed by atoms with van der Waals surface area (Å²) in [6.07, 6.45) is 3.36. The second-order valence-electron chi connectivity index (χ2n) is 4.50. The summed E-state index contributed by atoms with van der Waals surface area (Å²) < 4.78 is 0.972. The molecule has 0 saturated carbocycles. The van der Waals surface area contributed by atoms with Crippen molar-refractivity contribution < 1.29 is 4.79 Å². The van der Waals surface area contributed by atoms with Crippen molar-refractivity contribution in [3.8, 4) is 0 Å². The van der Waals surface area contributed by atoms with Crippen molar-refractivity contribution in [1.29, 1.82) is 0 Å². The quantitative estimate of drug-likeness (QED) is 0.830.